The molecule has 2 rings (SSSR count). The Bertz CT molecular complexity index is 289. The van der Waals surface area contributed by atoms with Crippen molar-refractivity contribution in [2.24, 2.45) is 0 Å². The summed E-state index contributed by atoms with van der Waals surface area (Å²) in [6, 6.07) is 0.204. The summed E-state index contributed by atoms with van der Waals surface area (Å²) < 4.78 is 11.4. The van der Waals surface area contributed by atoms with Gasteiger partial charge in [-0.05, 0) is 27.2 Å². The van der Waals surface area contributed by atoms with Gasteiger partial charge in [0.05, 0.1) is 22.7 Å². The first kappa shape index (κ1) is 12.4. The largest absolute Gasteiger partial charge is 0.444 e. The van der Waals surface area contributed by atoms with E-state index in [1.165, 1.54) is 0 Å². The normalized spacial score (nSPS) is 34.0. The molecule has 0 N–H and O–H groups in total. The van der Waals surface area contributed by atoms with Crippen LogP contribution in [-0.4, -0.2) is 45.8 Å². The van der Waals surface area contributed by atoms with Crippen molar-refractivity contribution in [2.75, 3.05) is 13.2 Å². The molecule has 0 aromatic carbocycles. The van der Waals surface area contributed by atoms with Crippen LogP contribution in [0.5, 0.6) is 0 Å². The maximum absolute atomic E-state index is 12.0. The molecule has 16 heavy (non-hydrogen) atoms. The molecule has 5 heteroatoms. The van der Waals surface area contributed by atoms with E-state index in [2.05, 4.69) is 22.6 Å². The number of hydrogen-bond donors (Lipinski definition) is 0. The van der Waals surface area contributed by atoms with E-state index in [1.807, 2.05) is 25.7 Å². The Kier molecular flexibility index (Phi) is 3.36. The highest BCUT2D eigenvalue weighted by atomic mass is 127. The molecular weight excluding hydrogens is 321 g/mol. The first-order valence-corrected chi connectivity index (χ1v) is 6.88. The third kappa shape index (κ3) is 2.45. The SMILES string of the molecule is CC(C)(C)OC(=O)N1CC[C@H]2OC[C@@H](I)[C@H]21. The fourth-order valence-corrected chi connectivity index (χ4v) is 3.30. The minimum absolute atomic E-state index is 0.202. The topological polar surface area (TPSA) is 38.8 Å². The van der Waals surface area contributed by atoms with E-state index in [4.69, 9.17) is 9.47 Å². The molecule has 92 valence electrons. The molecule has 0 saturated carbocycles. The fraction of sp³-hybridized carbons (Fsp3) is 0.909. The van der Waals surface area contributed by atoms with Gasteiger partial charge in [0.15, 0.2) is 0 Å². The zero-order valence-corrected chi connectivity index (χ0v) is 12.1. The Labute approximate surface area is 110 Å². The highest BCUT2D eigenvalue weighted by molar-refractivity contribution is 14.1. The van der Waals surface area contributed by atoms with Gasteiger partial charge < -0.3 is 14.4 Å². The highest BCUT2D eigenvalue weighted by Gasteiger charge is 2.47. The number of likely N-dealkylation sites (tertiary alicyclic amines) is 1. The Morgan fingerprint density at radius 3 is 2.81 bits per heavy atom. The van der Waals surface area contributed by atoms with E-state index in [0.717, 1.165) is 19.6 Å². The van der Waals surface area contributed by atoms with Crippen molar-refractivity contribution in [1.29, 1.82) is 0 Å². The highest BCUT2D eigenvalue weighted by Crippen LogP contribution is 2.34. The zero-order chi connectivity index (χ0) is 11.9. The van der Waals surface area contributed by atoms with Crippen LogP contribution in [0.4, 0.5) is 4.79 Å². The van der Waals surface area contributed by atoms with Gasteiger partial charge in [-0.2, -0.15) is 0 Å². The zero-order valence-electron chi connectivity index (χ0n) is 9.90. The van der Waals surface area contributed by atoms with Gasteiger partial charge in [-0.15, -0.1) is 0 Å². The van der Waals surface area contributed by atoms with E-state index in [-0.39, 0.29) is 18.2 Å². The number of carbonyl (C=O) groups is 1. The third-order valence-electron chi connectivity index (χ3n) is 2.86. The summed E-state index contributed by atoms with van der Waals surface area (Å²) in [5.41, 5.74) is -0.421. The summed E-state index contributed by atoms with van der Waals surface area (Å²) in [5.74, 6) is 0. The van der Waals surface area contributed by atoms with Crippen molar-refractivity contribution in [2.45, 2.75) is 48.9 Å². The summed E-state index contributed by atoms with van der Waals surface area (Å²) in [5, 5.41) is 0. The van der Waals surface area contributed by atoms with E-state index in [0.29, 0.717) is 3.92 Å². The third-order valence-corrected chi connectivity index (χ3v) is 3.96. The smallest absolute Gasteiger partial charge is 0.410 e. The minimum atomic E-state index is -0.421. The molecule has 1 amide bonds. The molecule has 4 nitrogen and oxygen atoms in total. The van der Waals surface area contributed by atoms with E-state index < -0.39 is 5.60 Å². The molecule has 2 fully saturated rings. The first-order chi connectivity index (χ1) is 7.38. The minimum Gasteiger partial charge on any atom is -0.444 e. The Balaban J connectivity index is 2.02. The molecular formula is C11H18INO3. The van der Waals surface area contributed by atoms with Gasteiger partial charge in [0.2, 0.25) is 0 Å². The summed E-state index contributed by atoms with van der Waals surface area (Å²) in [7, 11) is 0. The second-order valence-electron chi connectivity index (χ2n) is 5.34. The standard InChI is InChI=1S/C11H18INO3/c1-11(2,3)16-10(14)13-5-4-8-9(13)7(12)6-15-8/h7-9H,4-6H2,1-3H3/t7-,8-,9-/m1/s1. The van der Waals surface area contributed by atoms with Crippen LogP contribution in [0.15, 0.2) is 0 Å². The lowest BCUT2D eigenvalue weighted by Gasteiger charge is -2.28. The number of rotatable bonds is 0. The predicted molar refractivity (Wildman–Crippen MR) is 68.9 cm³/mol. The Morgan fingerprint density at radius 2 is 2.19 bits per heavy atom. The Morgan fingerprint density at radius 1 is 1.50 bits per heavy atom. The van der Waals surface area contributed by atoms with Crippen LogP contribution in [0.2, 0.25) is 0 Å². The quantitative estimate of drug-likeness (QED) is 0.502. The van der Waals surface area contributed by atoms with E-state index in [1.54, 1.807) is 0 Å². The second-order valence-corrected chi connectivity index (χ2v) is 6.94. The average molecular weight is 339 g/mol. The number of fused-ring (bicyclic) bond motifs is 1. The van der Waals surface area contributed by atoms with Crippen molar-refractivity contribution < 1.29 is 14.3 Å². The van der Waals surface area contributed by atoms with Crippen molar-refractivity contribution in [3.63, 3.8) is 0 Å². The number of hydrogen-bond acceptors (Lipinski definition) is 3. The van der Waals surface area contributed by atoms with Crippen LogP contribution in [0.3, 0.4) is 0 Å². The molecule has 0 aliphatic carbocycles. The van der Waals surface area contributed by atoms with Gasteiger partial charge in [-0.3, -0.25) is 0 Å². The second kappa shape index (κ2) is 4.33. The molecule has 2 saturated heterocycles. The molecule has 0 radical (unpaired) electrons. The van der Waals surface area contributed by atoms with Gasteiger partial charge in [-0.25, -0.2) is 4.79 Å². The van der Waals surface area contributed by atoms with Crippen molar-refractivity contribution >= 4 is 28.7 Å². The van der Waals surface area contributed by atoms with Gasteiger partial charge in [0.1, 0.15) is 5.60 Å². The number of alkyl halides is 1. The number of nitrogens with zero attached hydrogens (tertiary/aromatic N) is 1. The number of carbonyl (C=O) groups excluding carboxylic acids is 1. The van der Waals surface area contributed by atoms with Crippen LogP contribution >= 0.6 is 22.6 Å². The molecule has 2 aliphatic heterocycles. The predicted octanol–water partition coefficient (Wildman–Crippen LogP) is 2.20. The molecule has 0 aromatic heterocycles. The van der Waals surface area contributed by atoms with Crippen LogP contribution in [-0.2, 0) is 9.47 Å². The van der Waals surface area contributed by atoms with Crippen LogP contribution in [0.25, 0.3) is 0 Å². The summed E-state index contributed by atoms with van der Waals surface area (Å²) in [4.78, 5) is 13.8. The van der Waals surface area contributed by atoms with Crippen molar-refractivity contribution in [1.82, 2.24) is 4.90 Å². The lowest BCUT2D eigenvalue weighted by molar-refractivity contribution is 0.0212. The van der Waals surface area contributed by atoms with Gasteiger partial charge >= 0.3 is 6.09 Å². The number of halogens is 1. The summed E-state index contributed by atoms with van der Waals surface area (Å²) >= 11 is 2.36. The molecule has 2 heterocycles. The van der Waals surface area contributed by atoms with Gasteiger partial charge in [0, 0.05) is 6.54 Å². The monoisotopic (exact) mass is 339 g/mol. The Hall–Kier alpha value is -0.0400. The first-order valence-electron chi connectivity index (χ1n) is 5.64. The summed E-state index contributed by atoms with van der Waals surface area (Å²) in [6.07, 6.45) is 0.949. The van der Waals surface area contributed by atoms with Crippen molar-refractivity contribution in [3.05, 3.63) is 0 Å². The number of amides is 1. The van der Waals surface area contributed by atoms with E-state index >= 15 is 0 Å². The molecule has 0 bridgehead atoms. The van der Waals surface area contributed by atoms with Crippen LogP contribution in [0, 0.1) is 0 Å². The average Bonchev–Trinajstić information content (AvgIpc) is 2.66. The molecule has 0 aromatic rings. The maximum Gasteiger partial charge on any atom is 0.410 e. The fourth-order valence-electron chi connectivity index (χ4n) is 2.24. The summed E-state index contributed by atoms with van der Waals surface area (Å²) in [6.45, 7) is 7.18. The lowest BCUT2D eigenvalue weighted by atomic mass is 10.1. The molecule has 2 aliphatic rings. The van der Waals surface area contributed by atoms with Crippen LogP contribution in [0.1, 0.15) is 27.2 Å². The lowest BCUT2D eigenvalue weighted by Crippen LogP contribution is -2.44. The number of ether oxygens (including phenoxy) is 2. The van der Waals surface area contributed by atoms with Gasteiger partial charge in [-0.1, -0.05) is 22.6 Å². The molecule has 0 spiro atoms. The molecule has 3 atom stereocenters. The maximum atomic E-state index is 12.0. The van der Waals surface area contributed by atoms with Crippen LogP contribution < -0.4 is 0 Å². The van der Waals surface area contributed by atoms with Crippen molar-refractivity contribution in [3.8, 4) is 0 Å². The molecule has 0 unspecified atom stereocenters. The van der Waals surface area contributed by atoms with Gasteiger partial charge in [0.25, 0.3) is 0 Å². The van der Waals surface area contributed by atoms with E-state index in [9.17, 15) is 4.79 Å².